The molecule has 0 radical (unpaired) electrons. The van der Waals surface area contributed by atoms with Crippen LogP contribution in [0.15, 0.2) is 60.8 Å². The van der Waals surface area contributed by atoms with Crippen molar-refractivity contribution in [3.8, 4) is 0 Å². The summed E-state index contributed by atoms with van der Waals surface area (Å²) in [6.45, 7) is 4.40. The van der Waals surface area contributed by atoms with Crippen molar-refractivity contribution >= 4 is 9.47 Å². The molecule has 0 aliphatic rings. The minimum absolute atomic E-state index is 0.221. The van der Waals surface area contributed by atoms with E-state index in [1.807, 2.05) is 0 Å². The summed E-state index contributed by atoms with van der Waals surface area (Å²) in [5, 5.41) is 0. The van der Waals surface area contributed by atoms with Crippen LogP contribution >= 0.6 is 9.47 Å². The smallest absolute Gasteiger partial charge is 0.0794 e. The van der Waals surface area contributed by atoms with E-state index in [1.54, 1.807) is 0 Å². The Morgan fingerprint density at radius 2 is 1.38 bits per heavy atom. The summed E-state index contributed by atoms with van der Waals surface area (Å²) in [4.78, 5) is 0. The van der Waals surface area contributed by atoms with E-state index in [2.05, 4.69) is 84.1 Å². The van der Waals surface area contributed by atoms with Crippen molar-refractivity contribution in [1.29, 1.82) is 0 Å². The zero-order chi connectivity index (χ0) is 17.7. The van der Waals surface area contributed by atoms with Gasteiger partial charge in [-0.3, -0.25) is 0 Å². The maximum absolute atomic E-state index is 5.41. The number of rotatable bonds is 15. The predicted molar refractivity (Wildman–Crippen MR) is 113 cm³/mol. The molecule has 0 aliphatic carbocycles. The Balaban J connectivity index is 3.74. The summed E-state index contributed by atoms with van der Waals surface area (Å²) in [7, 11) is 2.39. The van der Waals surface area contributed by atoms with Crippen molar-refractivity contribution in [1.82, 2.24) is 0 Å². The zero-order valence-corrected chi connectivity index (χ0v) is 16.9. The van der Waals surface area contributed by atoms with Gasteiger partial charge in [-0.15, -0.1) is 0 Å². The number of allylic oxidation sites excluding steroid dienone is 9. The second-order valence-electron chi connectivity index (χ2n) is 5.87. The van der Waals surface area contributed by atoms with Gasteiger partial charge in [-0.25, -0.2) is 0 Å². The second-order valence-corrected chi connectivity index (χ2v) is 6.14. The van der Waals surface area contributed by atoms with Crippen LogP contribution in [0.4, 0.5) is 0 Å². The van der Waals surface area contributed by atoms with Crippen LogP contribution in [0, 0.1) is 0 Å². The van der Waals surface area contributed by atoms with Crippen molar-refractivity contribution in [2.24, 2.45) is 0 Å². The van der Waals surface area contributed by atoms with E-state index < -0.39 is 0 Å². The van der Waals surface area contributed by atoms with Crippen LogP contribution in [0.1, 0.15) is 71.6 Å². The van der Waals surface area contributed by atoms with Gasteiger partial charge in [0.2, 0.25) is 0 Å². The highest BCUT2D eigenvalue weighted by molar-refractivity contribution is 7.09. The summed E-state index contributed by atoms with van der Waals surface area (Å²) in [6, 6.07) is 0. The normalized spacial score (nSPS) is 14.3. The highest BCUT2D eigenvalue weighted by Gasteiger charge is 2.01. The molecular formula is C22H37OP. The molecule has 24 heavy (non-hydrogen) atoms. The van der Waals surface area contributed by atoms with Gasteiger partial charge in [-0.2, -0.15) is 0 Å². The van der Waals surface area contributed by atoms with Gasteiger partial charge < -0.3 is 4.52 Å². The lowest BCUT2D eigenvalue weighted by Gasteiger charge is -2.09. The molecule has 0 fully saturated rings. The first-order valence-electron chi connectivity index (χ1n) is 9.48. The molecule has 0 bridgehead atoms. The molecule has 0 saturated heterocycles. The Morgan fingerprint density at radius 1 is 0.750 bits per heavy atom. The molecule has 0 heterocycles. The molecule has 0 aromatic rings. The van der Waals surface area contributed by atoms with E-state index in [9.17, 15) is 0 Å². The second kappa shape index (κ2) is 20.1. The molecule has 0 N–H and O–H groups in total. The molecule has 0 aromatic heterocycles. The molecule has 2 unspecified atom stereocenters. The average molecular weight is 349 g/mol. The van der Waals surface area contributed by atoms with Gasteiger partial charge in [0.1, 0.15) is 0 Å². The first-order valence-corrected chi connectivity index (χ1v) is 9.96. The van der Waals surface area contributed by atoms with Crippen LogP contribution in [0.5, 0.6) is 0 Å². The Hall–Kier alpha value is -0.910. The lowest BCUT2D eigenvalue weighted by atomic mass is 10.1. The Labute approximate surface area is 152 Å². The van der Waals surface area contributed by atoms with Crippen LogP contribution in [0.3, 0.4) is 0 Å². The average Bonchev–Trinajstić information content (AvgIpc) is 2.60. The Bertz CT molecular complexity index is 391. The molecule has 2 heteroatoms. The first-order chi connectivity index (χ1) is 11.8. The van der Waals surface area contributed by atoms with Crippen molar-refractivity contribution in [3.63, 3.8) is 0 Å². The molecule has 136 valence electrons. The molecule has 0 rings (SSSR count). The zero-order valence-electron chi connectivity index (χ0n) is 15.7. The van der Waals surface area contributed by atoms with Gasteiger partial charge in [0.05, 0.1) is 6.10 Å². The fourth-order valence-electron chi connectivity index (χ4n) is 2.21. The summed E-state index contributed by atoms with van der Waals surface area (Å²) in [6.07, 6.45) is 32.5. The molecular weight excluding hydrogens is 311 g/mol. The van der Waals surface area contributed by atoms with Crippen molar-refractivity contribution in [2.75, 3.05) is 0 Å². The van der Waals surface area contributed by atoms with Crippen LogP contribution in [0.2, 0.25) is 0 Å². The molecule has 0 aliphatic heterocycles. The summed E-state index contributed by atoms with van der Waals surface area (Å²) in [5.74, 6) is 0. The van der Waals surface area contributed by atoms with E-state index in [4.69, 9.17) is 4.52 Å². The van der Waals surface area contributed by atoms with Crippen molar-refractivity contribution < 1.29 is 4.52 Å². The highest BCUT2D eigenvalue weighted by Crippen LogP contribution is 2.11. The molecule has 0 aromatic carbocycles. The topological polar surface area (TPSA) is 9.23 Å². The fraction of sp³-hybridized carbons (Fsp3) is 0.545. The van der Waals surface area contributed by atoms with Gasteiger partial charge in [0.25, 0.3) is 0 Å². The van der Waals surface area contributed by atoms with E-state index >= 15 is 0 Å². The van der Waals surface area contributed by atoms with Gasteiger partial charge in [-0.1, -0.05) is 100 Å². The number of unbranched alkanes of at least 4 members (excludes halogenated alkanes) is 3. The summed E-state index contributed by atoms with van der Waals surface area (Å²) >= 11 is 0. The maximum Gasteiger partial charge on any atom is 0.0794 e. The van der Waals surface area contributed by atoms with Gasteiger partial charge in [-0.05, 0) is 32.1 Å². The molecule has 0 saturated carbocycles. The van der Waals surface area contributed by atoms with E-state index in [1.165, 1.54) is 25.7 Å². The first kappa shape index (κ1) is 23.1. The third kappa shape index (κ3) is 17.4. The lowest BCUT2D eigenvalue weighted by molar-refractivity contribution is 0.274. The monoisotopic (exact) mass is 348 g/mol. The van der Waals surface area contributed by atoms with E-state index in [0.29, 0.717) is 0 Å². The van der Waals surface area contributed by atoms with E-state index in [0.717, 1.165) is 32.1 Å². The largest absolute Gasteiger partial charge is 0.358 e. The van der Waals surface area contributed by atoms with Crippen LogP contribution in [-0.4, -0.2) is 6.10 Å². The Morgan fingerprint density at radius 3 is 1.96 bits per heavy atom. The maximum atomic E-state index is 5.41. The summed E-state index contributed by atoms with van der Waals surface area (Å²) in [5.41, 5.74) is 0. The quantitative estimate of drug-likeness (QED) is 0.129. The minimum Gasteiger partial charge on any atom is -0.358 e. The highest BCUT2D eigenvalue weighted by atomic mass is 31.0. The third-order valence-corrected chi connectivity index (χ3v) is 3.99. The van der Waals surface area contributed by atoms with Crippen molar-refractivity contribution in [3.05, 3.63) is 60.8 Å². The summed E-state index contributed by atoms with van der Waals surface area (Å²) < 4.78 is 5.41. The molecule has 1 nitrogen and oxygen atoms in total. The van der Waals surface area contributed by atoms with Crippen LogP contribution in [0.25, 0.3) is 0 Å². The lowest BCUT2D eigenvalue weighted by Crippen LogP contribution is -2.02. The van der Waals surface area contributed by atoms with Crippen LogP contribution < -0.4 is 0 Å². The minimum atomic E-state index is 0.221. The third-order valence-electron chi connectivity index (χ3n) is 3.64. The van der Waals surface area contributed by atoms with Crippen molar-refractivity contribution in [2.45, 2.75) is 77.7 Å². The van der Waals surface area contributed by atoms with Gasteiger partial charge in [0.15, 0.2) is 0 Å². The number of hydrogen-bond donors (Lipinski definition) is 0. The SMILES string of the molecule is CC/C=C\C/C=C\C/C=C\C/C=C\C=C\C(CCCCCC)OP. The standard InChI is InChI=1S/C22H37OP/c1-3-5-7-9-10-11-12-13-14-15-16-17-19-21-22(23-24)20-18-8-6-4-2/h5,7,10-11,13-14,16-17,19,21-22H,3-4,6,8-9,12,15,18,20,24H2,1-2H3/b7-5-,11-10-,14-13-,17-16-,21-19+. The predicted octanol–water partition coefficient (Wildman–Crippen LogP) is 7.49. The van der Waals surface area contributed by atoms with Gasteiger partial charge in [0, 0.05) is 9.47 Å². The number of hydrogen-bond acceptors (Lipinski definition) is 1. The Kier molecular flexibility index (Phi) is 19.4. The fourth-order valence-corrected chi connectivity index (χ4v) is 2.44. The van der Waals surface area contributed by atoms with Crippen LogP contribution in [-0.2, 0) is 4.52 Å². The molecule has 0 amide bonds. The molecule has 2 atom stereocenters. The van der Waals surface area contributed by atoms with Gasteiger partial charge >= 0.3 is 0 Å². The molecule has 0 spiro atoms. The van der Waals surface area contributed by atoms with E-state index in [-0.39, 0.29) is 6.10 Å².